The lowest BCUT2D eigenvalue weighted by Crippen LogP contribution is -2.68. The van der Waals surface area contributed by atoms with Crippen molar-refractivity contribution >= 4 is 23.6 Å². The minimum absolute atomic E-state index is 0.00625. The Kier molecular flexibility index (Phi) is 4.75. The number of rotatable bonds is 5. The van der Waals surface area contributed by atoms with Crippen molar-refractivity contribution in [2.24, 2.45) is 0 Å². The Morgan fingerprint density at radius 2 is 1.88 bits per heavy atom. The van der Waals surface area contributed by atoms with E-state index in [0.29, 0.717) is 6.42 Å². The Bertz CT molecular complexity index is 839. The van der Waals surface area contributed by atoms with E-state index in [1.165, 1.54) is 5.57 Å². The molecule has 4 rings (SSSR count). The number of fused-ring (bicyclic) bond motifs is 1. The number of β-lactam (4-membered cyclic amide) rings is 1. The van der Waals surface area contributed by atoms with Gasteiger partial charge in [-0.2, -0.15) is 0 Å². The fourth-order valence-corrected chi connectivity index (χ4v) is 4.48. The van der Waals surface area contributed by atoms with Crippen molar-refractivity contribution in [1.29, 1.82) is 0 Å². The van der Waals surface area contributed by atoms with Gasteiger partial charge in [0, 0.05) is 29.7 Å². The van der Waals surface area contributed by atoms with Crippen molar-refractivity contribution in [2.45, 2.75) is 24.4 Å². The third kappa shape index (κ3) is 3.51. The van der Waals surface area contributed by atoms with Crippen LogP contribution in [0.4, 0.5) is 0 Å². The van der Waals surface area contributed by atoms with Gasteiger partial charge in [-0.15, -0.1) is 11.8 Å². The Morgan fingerprint density at radius 1 is 1.15 bits per heavy atom. The smallest absolute Gasteiger partial charge is 0.253 e. The third-order valence-corrected chi connectivity index (χ3v) is 5.91. The van der Waals surface area contributed by atoms with Crippen LogP contribution in [0, 0.1) is 0 Å². The highest BCUT2D eigenvalue weighted by Gasteiger charge is 2.49. The van der Waals surface area contributed by atoms with Crippen LogP contribution in [0.15, 0.2) is 72.7 Å². The number of benzene rings is 1. The second-order valence-corrected chi connectivity index (χ2v) is 7.59. The molecule has 2 aromatic rings. The van der Waals surface area contributed by atoms with E-state index in [2.05, 4.69) is 9.88 Å². The van der Waals surface area contributed by atoms with Crippen LogP contribution in [0.2, 0.25) is 0 Å². The van der Waals surface area contributed by atoms with Crippen LogP contribution in [-0.2, 0) is 22.6 Å². The summed E-state index contributed by atoms with van der Waals surface area (Å²) in [5.74, 6) is 0.727. The molecule has 0 spiro atoms. The average Bonchev–Trinajstić information content (AvgIpc) is 2.68. The van der Waals surface area contributed by atoms with Gasteiger partial charge in [-0.05, 0) is 5.56 Å². The molecule has 2 atom stereocenters. The predicted octanol–water partition coefficient (Wildman–Crippen LogP) is 1.50. The summed E-state index contributed by atoms with van der Waals surface area (Å²) in [6, 6.07) is 15.1. The molecular weight excluding hydrogens is 346 g/mol. The van der Waals surface area contributed by atoms with Gasteiger partial charge in [0.05, 0.1) is 6.42 Å². The summed E-state index contributed by atoms with van der Waals surface area (Å²) in [5, 5.41) is 2.90. The number of carbonyl (C=O) groups is 2. The number of hydrogen-bond acceptors (Lipinski definition) is 3. The van der Waals surface area contributed by atoms with Gasteiger partial charge in [0.2, 0.25) is 5.91 Å². The molecular formula is C20H20N3O2S+. The summed E-state index contributed by atoms with van der Waals surface area (Å²) in [6.45, 7) is 0.773. The van der Waals surface area contributed by atoms with Crippen molar-refractivity contribution in [3.63, 3.8) is 0 Å². The van der Waals surface area contributed by atoms with Crippen LogP contribution in [0.25, 0.3) is 0 Å². The molecule has 2 aliphatic heterocycles. The molecule has 132 valence electrons. The summed E-state index contributed by atoms with van der Waals surface area (Å²) in [7, 11) is 0. The number of aromatic nitrogens is 1. The lowest BCUT2D eigenvalue weighted by atomic mass is 10.1. The van der Waals surface area contributed by atoms with E-state index in [1.54, 1.807) is 16.7 Å². The van der Waals surface area contributed by atoms with Gasteiger partial charge in [-0.1, -0.05) is 36.4 Å². The Hall–Kier alpha value is -2.60. The zero-order chi connectivity index (χ0) is 17.9. The fourth-order valence-electron chi connectivity index (χ4n) is 3.23. The Morgan fingerprint density at radius 3 is 2.65 bits per heavy atom. The first kappa shape index (κ1) is 16.8. The van der Waals surface area contributed by atoms with Gasteiger partial charge in [0.25, 0.3) is 5.91 Å². The molecule has 6 heteroatoms. The highest BCUT2D eigenvalue weighted by atomic mass is 32.2. The highest BCUT2D eigenvalue weighted by molar-refractivity contribution is 8.00. The minimum Gasteiger partial charge on any atom is -0.341 e. The van der Waals surface area contributed by atoms with E-state index in [9.17, 15) is 9.59 Å². The third-order valence-electron chi connectivity index (χ3n) is 4.53. The van der Waals surface area contributed by atoms with Gasteiger partial charge < -0.3 is 10.2 Å². The van der Waals surface area contributed by atoms with E-state index in [4.69, 9.17) is 0 Å². The van der Waals surface area contributed by atoms with Gasteiger partial charge in [-0.25, -0.2) is 4.57 Å². The number of nitrogens with one attached hydrogen (secondary N) is 1. The molecule has 0 bridgehead atoms. The molecule has 0 saturated carbocycles. The van der Waals surface area contributed by atoms with Gasteiger partial charge in [0.15, 0.2) is 18.9 Å². The second-order valence-electron chi connectivity index (χ2n) is 6.49. The first-order valence-corrected chi connectivity index (χ1v) is 9.66. The van der Waals surface area contributed by atoms with Crippen molar-refractivity contribution < 1.29 is 14.2 Å². The van der Waals surface area contributed by atoms with Crippen LogP contribution in [0.5, 0.6) is 0 Å². The molecule has 0 radical (unpaired) electrons. The number of nitrogens with zero attached hydrogens (tertiary/aromatic N) is 2. The molecule has 0 aliphatic carbocycles. The molecule has 1 aromatic heterocycles. The summed E-state index contributed by atoms with van der Waals surface area (Å²) >= 11 is 1.71. The first-order valence-electron chi connectivity index (χ1n) is 8.61. The van der Waals surface area contributed by atoms with E-state index in [-0.39, 0.29) is 17.2 Å². The van der Waals surface area contributed by atoms with Crippen LogP contribution >= 0.6 is 11.8 Å². The highest BCUT2D eigenvalue weighted by Crippen LogP contribution is 2.36. The lowest BCUT2D eigenvalue weighted by molar-refractivity contribution is -0.689. The van der Waals surface area contributed by atoms with Crippen LogP contribution in [0.3, 0.4) is 0 Å². The van der Waals surface area contributed by atoms with Crippen LogP contribution in [0.1, 0.15) is 5.56 Å². The molecule has 0 unspecified atom stereocenters. The standard InChI is InChI=1S/C20H19N3O2S/c24-17(11-15-7-3-1-4-8-15)21-18-19(25)23-13-16(14-26-20(18)23)12-22-9-5-2-6-10-22/h1-10,13,18,20H,11-12,14H2/p+1/t18-,20-/m1/s1. The maximum absolute atomic E-state index is 12.4. The molecule has 2 amide bonds. The van der Waals surface area contributed by atoms with Gasteiger partial charge >= 0.3 is 0 Å². The molecule has 2 aliphatic rings. The molecule has 26 heavy (non-hydrogen) atoms. The summed E-state index contributed by atoms with van der Waals surface area (Å²) in [6.07, 6.45) is 6.28. The molecule has 1 fully saturated rings. The molecule has 1 saturated heterocycles. The van der Waals surface area contributed by atoms with E-state index in [1.807, 2.05) is 67.1 Å². The van der Waals surface area contributed by atoms with Crippen molar-refractivity contribution in [2.75, 3.05) is 5.75 Å². The number of amides is 2. The zero-order valence-corrected chi connectivity index (χ0v) is 15.1. The SMILES string of the molecule is O=C(Cc1ccccc1)N[C@@H]1C(=O)N2C=C(C[n+]3ccccc3)CS[C@H]12. The fraction of sp³-hybridized carbons (Fsp3) is 0.250. The van der Waals surface area contributed by atoms with E-state index >= 15 is 0 Å². The summed E-state index contributed by atoms with van der Waals surface area (Å²) in [4.78, 5) is 26.4. The quantitative estimate of drug-likeness (QED) is 0.645. The van der Waals surface area contributed by atoms with E-state index < -0.39 is 6.04 Å². The zero-order valence-electron chi connectivity index (χ0n) is 14.2. The van der Waals surface area contributed by atoms with Crippen LogP contribution < -0.4 is 9.88 Å². The number of pyridine rings is 1. The Balaban J connectivity index is 1.35. The van der Waals surface area contributed by atoms with Gasteiger partial charge in [0.1, 0.15) is 11.4 Å². The minimum atomic E-state index is -0.418. The lowest BCUT2D eigenvalue weighted by Gasteiger charge is -2.47. The normalized spacial score (nSPS) is 21.5. The predicted molar refractivity (Wildman–Crippen MR) is 99.9 cm³/mol. The number of hydrogen-bond donors (Lipinski definition) is 1. The summed E-state index contributed by atoms with van der Waals surface area (Å²) < 4.78 is 2.09. The van der Waals surface area contributed by atoms with Gasteiger partial charge in [-0.3, -0.25) is 9.59 Å². The molecule has 5 nitrogen and oxygen atoms in total. The maximum atomic E-state index is 12.4. The topological polar surface area (TPSA) is 53.3 Å². The monoisotopic (exact) mass is 366 g/mol. The van der Waals surface area contributed by atoms with Crippen molar-refractivity contribution in [3.8, 4) is 0 Å². The van der Waals surface area contributed by atoms with Crippen molar-refractivity contribution in [3.05, 3.63) is 78.3 Å². The maximum Gasteiger partial charge on any atom is 0.253 e. The average molecular weight is 366 g/mol. The van der Waals surface area contributed by atoms with Crippen molar-refractivity contribution in [1.82, 2.24) is 10.2 Å². The largest absolute Gasteiger partial charge is 0.341 e. The number of thioether (sulfide) groups is 1. The van der Waals surface area contributed by atoms with Crippen LogP contribution in [-0.4, -0.2) is 33.9 Å². The second kappa shape index (κ2) is 7.33. The first-order chi connectivity index (χ1) is 12.7. The van der Waals surface area contributed by atoms with E-state index in [0.717, 1.165) is 17.9 Å². The number of carbonyl (C=O) groups excluding carboxylic acids is 2. The molecule has 3 heterocycles. The molecule has 1 N–H and O–H groups in total. The Labute approximate surface area is 156 Å². The summed E-state index contributed by atoms with van der Waals surface area (Å²) in [5.41, 5.74) is 2.15. The molecule has 1 aromatic carbocycles.